The van der Waals surface area contributed by atoms with Crippen LogP contribution in [-0.4, -0.2) is 21.5 Å². The van der Waals surface area contributed by atoms with Crippen LogP contribution >= 0.6 is 12.4 Å². The van der Waals surface area contributed by atoms with E-state index < -0.39 is 0 Å². The SMILES string of the molecule is Cc1cc(N)ccc1NCc1nn(CCO)c(N)c1N.Cl. The lowest BCUT2D eigenvalue weighted by Gasteiger charge is -2.09. The number of aromatic nitrogens is 2. The number of nitrogens with zero attached hydrogens (tertiary/aromatic N) is 2. The largest absolute Gasteiger partial charge is 0.399 e. The van der Waals surface area contributed by atoms with Crippen molar-refractivity contribution in [3.8, 4) is 0 Å². The number of nitrogens with two attached hydrogens (primary N) is 3. The molecule has 0 amide bonds. The molecule has 0 atom stereocenters. The second-order valence-electron chi connectivity index (χ2n) is 4.62. The predicted octanol–water partition coefficient (Wildman–Crippen LogP) is 0.964. The molecule has 0 radical (unpaired) electrons. The second kappa shape index (κ2) is 7.05. The van der Waals surface area contributed by atoms with E-state index in [4.69, 9.17) is 22.3 Å². The van der Waals surface area contributed by atoms with Gasteiger partial charge >= 0.3 is 0 Å². The van der Waals surface area contributed by atoms with Crippen LogP contribution in [0.2, 0.25) is 0 Å². The molecule has 116 valence electrons. The fourth-order valence-corrected chi connectivity index (χ4v) is 2.00. The van der Waals surface area contributed by atoms with Gasteiger partial charge in [0.2, 0.25) is 0 Å². The van der Waals surface area contributed by atoms with Crippen LogP contribution in [0.1, 0.15) is 11.3 Å². The van der Waals surface area contributed by atoms with E-state index in [-0.39, 0.29) is 19.0 Å². The summed E-state index contributed by atoms with van der Waals surface area (Å²) in [4.78, 5) is 0. The van der Waals surface area contributed by atoms with Gasteiger partial charge in [-0.05, 0) is 30.7 Å². The lowest BCUT2D eigenvalue weighted by Crippen LogP contribution is -2.08. The molecule has 0 aliphatic carbocycles. The average Bonchev–Trinajstić information content (AvgIpc) is 2.67. The fourth-order valence-electron chi connectivity index (χ4n) is 2.00. The van der Waals surface area contributed by atoms with Crippen LogP contribution in [0, 0.1) is 6.92 Å². The summed E-state index contributed by atoms with van der Waals surface area (Å²) in [5, 5.41) is 16.5. The van der Waals surface area contributed by atoms with Gasteiger partial charge in [-0.2, -0.15) is 5.10 Å². The van der Waals surface area contributed by atoms with Crippen LogP contribution in [0.3, 0.4) is 0 Å². The molecular formula is C13H21ClN6O. The summed E-state index contributed by atoms with van der Waals surface area (Å²) in [5.41, 5.74) is 21.3. The number of hydrogen-bond donors (Lipinski definition) is 5. The van der Waals surface area contributed by atoms with Crippen LogP contribution < -0.4 is 22.5 Å². The van der Waals surface area contributed by atoms with E-state index in [1.54, 1.807) is 0 Å². The molecule has 0 spiro atoms. The summed E-state index contributed by atoms with van der Waals surface area (Å²) < 4.78 is 1.50. The quantitative estimate of drug-likeness (QED) is 0.523. The Bertz CT molecular complexity index is 613. The van der Waals surface area contributed by atoms with Crippen molar-refractivity contribution in [2.45, 2.75) is 20.0 Å². The normalized spacial score (nSPS) is 10.2. The number of aliphatic hydroxyl groups excluding tert-OH is 1. The predicted molar refractivity (Wildman–Crippen MR) is 88.3 cm³/mol. The van der Waals surface area contributed by atoms with Gasteiger partial charge in [-0.25, -0.2) is 4.68 Å². The molecule has 21 heavy (non-hydrogen) atoms. The lowest BCUT2D eigenvalue weighted by molar-refractivity contribution is 0.270. The number of aliphatic hydroxyl groups is 1. The van der Waals surface area contributed by atoms with Gasteiger partial charge in [-0.3, -0.25) is 0 Å². The van der Waals surface area contributed by atoms with Crippen LogP contribution in [0.15, 0.2) is 18.2 Å². The molecule has 0 aliphatic rings. The highest BCUT2D eigenvalue weighted by Crippen LogP contribution is 2.22. The Hall–Kier alpha value is -2.12. The smallest absolute Gasteiger partial charge is 0.145 e. The summed E-state index contributed by atoms with van der Waals surface area (Å²) in [6, 6.07) is 5.64. The Morgan fingerprint density at radius 2 is 2.00 bits per heavy atom. The van der Waals surface area contributed by atoms with E-state index in [1.807, 2.05) is 25.1 Å². The van der Waals surface area contributed by atoms with Gasteiger partial charge in [0, 0.05) is 11.4 Å². The van der Waals surface area contributed by atoms with Crippen molar-refractivity contribution in [1.29, 1.82) is 0 Å². The number of hydrogen-bond acceptors (Lipinski definition) is 6. The van der Waals surface area contributed by atoms with E-state index >= 15 is 0 Å². The number of nitrogen functional groups attached to an aromatic ring is 3. The van der Waals surface area contributed by atoms with Crippen LogP contribution in [-0.2, 0) is 13.1 Å². The molecule has 7 nitrogen and oxygen atoms in total. The monoisotopic (exact) mass is 312 g/mol. The number of aryl methyl sites for hydroxylation is 1. The maximum atomic E-state index is 8.93. The summed E-state index contributed by atoms with van der Waals surface area (Å²) in [7, 11) is 0. The highest BCUT2D eigenvalue weighted by atomic mass is 35.5. The Kier molecular flexibility index (Phi) is 5.69. The molecule has 8 heteroatoms. The van der Waals surface area contributed by atoms with Crippen LogP contribution in [0.25, 0.3) is 0 Å². The highest BCUT2D eigenvalue weighted by molar-refractivity contribution is 5.85. The van der Waals surface area contributed by atoms with Gasteiger partial charge in [0.25, 0.3) is 0 Å². The standard InChI is InChI=1S/C13H20N6O.ClH/c1-8-6-9(14)2-3-10(8)17-7-11-12(15)13(16)19(18-11)4-5-20;/h2-3,6,17,20H,4-5,7,14-16H2,1H3;1H. The lowest BCUT2D eigenvalue weighted by atomic mass is 10.2. The zero-order chi connectivity index (χ0) is 14.7. The highest BCUT2D eigenvalue weighted by Gasteiger charge is 2.12. The summed E-state index contributed by atoms with van der Waals surface area (Å²) in [5.74, 6) is 0.380. The summed E-state index contributed by atoms with van der Waals surface area (Å²) in [6.45, 7) is 2.73. The first-order valence-corrected chi connectivity index (χ1v) is 6.34. The first-order chi connectivity index (χ1) is 9.52. The minimum absolute atomic E-state index is 0. The van der Waals surface area contributed by atoms with Crippen molar-refractivity contribution in [3.63, 3.8) is 0 Å². The molecule has 0 saturated heterocycles. The van der Waals surface area contributed by atoms with Gasteiger partial charge in [0.05, 0.1) is 25.4 Å². The molecule has 8 N–H and O–H groups in total. The van der Waals surface area contributed by atoms with Crippen molar-refractivity contribution in [3.05, 3.63) is 29.5 Å². The third-order valence-electron chi connectivity index (χ3n) is 3.11. The number of halogens is 1. The number of rotatable bonds is 5. The first-order valence-electron chi connectivity index (χ1n) is 6.34. The minimum Gasteiger partial charge on any atom is -0.399 e. The molecule has 0 saturated carbocycles. The molecule has 0 fully saturated rings. The fraction of sp³-hybridized carbons (Fsp3) is 0.308. The third-order valence-corrected chi connectivity index (χ3v) is 3.11. The topological polar surface area (TPSA) is 128 Å². The second-order valence-corrected chi connectivity index (χ2v) is 4.62. The van der Waals surface area contributed by atoms with E-state index in [9.17, 15) is 0 Å². The Labute approximate surface area is 129 Å². The van der Waals surface area contributed by atoms with Gasteiger partial charge in [0.1, 0.15) is 11.5 Å². The molecule has 0 aliphatic heterocycles. The molecule has 2 rings (SSSR count). The molecular weight excluding hydrogens is 292 g/mol. The molecule has 0 unspecified atom stereocenters. The molecule has 2 aromatic rings. The molecule has 1 aromatic heterocycles. The van der Waals surface area contributed by atoms with Gasteiger partial charge in [0.15, 0.2) is 0 Å². The van der Waals surface area contributed by atoms with Gasteiger partial charge < -0.3 is 27.6 Å². The Balaban J connectivity index is 0.00000220. The molecule has 1 heterocycles. The van der Waals surface area contributed by atoms with E-state index in [1.165, 1.54) is 4.68 Å². The summed E-state index contributed by atoms with van der Waals surface area (Å²) in [6.07, 6.45) is 0. The van der Waals surface area contributed by atoms with Crippen molar-refractivity contribution in [1.82, 2.24) is 9.78 Å². The maximum Gasteiger partial charge on any atom is 0.145 e. The number of nitrogens with one attached hydrogen (secondary N) is 1. The van der Waals surface area contributed by atoms with E-state index in [0.29, 0.717) is 30.3 Å². The van der Waals surface area contributed by atoms with Crippen LogP contribution in [0.5, 0.6) is 0 Å². The maximum absolute atomic E-state index is 8.93. The van der Waals surface area contributed by atoms with Crippen molar-refractivity contribution in [2.24, 2.45) is 0 Å². The van der Waals surface area contributed by atoms with E-state index in [2.05, 4.69) is 10.4 Å². The van der Waals surface area contributed by atoms with E-state index in [0.717, 1.165) is 16.9 Å². The van der Waals surface area contributed by atoms with Crippen molar-refractivity contribution >= 4 is 35.3 Å². The summed E-state index contributed by atoms with van der Waals surface area (Å²) >= 11 is 0. The Morgan fingerprint density at radius 3 is 2.62 bits per heavy atom. The van der Waals surface area contributed by atoms with Gasteiger partial charge in [-0.1, -0.05) is 0 Å². The first kappa shape index (κ1) is 16.9. The van der Waals surface area contributed by atoms with Gasteiger partial charge in [-0.15, -0.1) is 12.4 Å². The molecule has 0 bridgehead atoms. The molecule has 1 aromatic carbocycles. The number of anilines is 4. The third kappa shape index (κ3) is 3.71. The number of benzene rings is 1. The zero-order valence-corrected chi connectivity index (χ0v) is 12.7. The zero-order valence-electron chi connectivity index (χ0n) is 11.8. The van der Waals surface area contributed by atoms with Crippen molar-refractivity contribution < 1.29 is 5.11 Å². The average molecular weight is 313 g/mol. The Morgan fingerprint density at radius 1 is 1.29 bits per heavy atom. The minimum atomic E-state index is -0.0325. The van der Waals surface area contributed by atoms with Crippen LogP contribution in [0.4, 0.5) is 22.9 Å². The van der Waals surface area contributed by atoms with Crippen molar-refractivity contribution in [2.75, 3.05) is 29.1 Å².